The summed E-state index contributed by atoms with van der Waals surface area (Å²) in [6, 6.07) is 12.9. The van der Waals surface area contributed by atoms with Crippen LogP contribution in [0.15, 0.2) is 62.3 Å². The average Bonchev–Trinajstić information content (AvgIpc) is 3.21. The van der Waals surface area contributed by atoms with E-state index in [1.165, 1.54) is 22.8 Å². The van der Waals surface area contributed by atoms with E-state index in [4.69, 9.17) is 8.94 Å². The van der Waals surface area contributed by atoms with Gasteiger partial charge in [0.2, 0.25) is 11.7 Å². The monoisotopic (exact) mass is 338 g/mol. The van der Waals surface area contributed by atoms with Gasteiger partial charge in [-0.1, -0.05) is 29.4 Å². The zero-order valence-corrected chi connectivity index (χ0v) is 12.7. The van der Waals surface area contributed by atoms with E-state index in [1.54, 1.807) is 30.3 Å². The van der Waals surface area contributed by atoms with Crippen molar-refractivity contribution < 1.29 is 13.9 Å². The number of nitrogens with zero attached hydrogens (tertiary/aromatic N) is 4. The number of aromatic nitrogens is 3. The third kappa shape index (κ3) is 2.67. The van der Waals surface area contributed by atoms with Gasteiger partial charge in [-0.3, -0.25) is 14.7 Å². The molecule has 4 aromatic rings. The number of benzene rings is 2. The van der Waals surface area contributed by atoms with E-state index in [0.29, 0.717) is 16.7 Å². The Morgan fingerprint density at radius 1 is 1.16 bits per heavy atom. The molecule has 4 rings (SSSR count). The number of non-ortho nitro benzene ring substituents is 1. The standard InChI is InChI=1S/C16H10N4O5/c21-16-19(12-6-1-2-7-13(12)24-16)9-14-17-15(18-25-14)10-4-3-5-11(8-10)20(22)23/h1-8H,9H2. The maximum Gasteiger partial charge on any atom is 0.420 e. The van der Waals surface area contributed by atoms with Gasteiger partial charge in [-0.15, -0.1) is 0 Å². The molecule has 0 aliphatic rings. The SMILES string of the molecule is O=c1oc2ccccc2n1Cc1nc(-c2cccc([N+](=O)[O-])c2)no1. The highest BCUT2D eigenvalue weighted by Gasteiger charge is 2.15. The molecule has 0 aliphatic carbocycles. The van der Waals surface area contributed by atoms with Crippen molar-refractivity contribution >= 4 is 16.8 Å². The van der Waals surface area contributed by atoms with Gasteiger partial charge in [0.15, 0.2) is 5.58 Å². The lowest BCUT2D eigenvalue weighted by atomic mass is 10.2. The van der Waals surface area contributed by atoms with E-state index >= 15 is 0 Å². The van der Waals surface area contributed by atoms with Gasteiger partial charge in [0.1, 0.15) is 6.54 Å². The molecular weight excluding hydrogens is 328 g/mol. The molecule has 0 unspecified atom stereocenters. The van der Waals surface area contributed by atoms with Crippen LogP contribution in [0.3, 0.4) is 0 Å². The molecule has 9 heteroatoms. The van der Waals surface area contributed by atoms with Crippen LogP contribution < -0.4 is 5.76 Å². The smallest absolute Gasteiger partial charge is 0.408 e. The fourth-order valence-corrected chi connectivity index (χ4v) is 2.49. The van der Waals surface area contributed by atoms with Crippen LogP contribution in [0.4, 0.5) is 5.69 Å². The molecule has 0 amide bonds. The maximum absolute atomic E-state index is 12.0. The summed E-state index contributed by atoms with van der Waals surface area (Å²) < 4.78 is 11.7. The van der Waals surface area contributed by atoms with Gasteiger partial charge in [-0.2, -0.15) is 4.98 Å². The van der Waals surface area contributed by atoms with Crippen LogP contribution in [0.25, 0.3) is 22.5 Å². The molecule has 0 atom stereocenters. The first-order chi connectivity index (χ1) is 12.1. The minimum atomic E-state index is -0.531. The lowest BCUT2D eigenvalue weighted by Crippen LogP contribution is -2.15. The van der Waals surface area contributed by atoms with E-state index < -0.39 is 10.7 Å². The van der Waals surface area contributed by atoms with Crippen LogP contribution >= 0.6 is 0 Å². The van der Waals surface area contributed by atoms with Gasteiger partial charge in [-0.05, 0) is 12.1 Å². The molecule has 0 aliphatic heterocycles. The molecule has 0 radical (unpaired) electrons. The molecule has 0 saturated carbocycles. The number of oxazole rings is 1. The second-order valence-corrected chi connectivity index (χ2v) is 5.24. The molecule has 0 N–H and O–H groups in total. The third-order valence-corrected chi connectivity index (χ3v) is 3.65. The quantitative estimate of drug-likeness (QED) is 0.414. The number of nitro groups is 1. The number of nitro benzene ring substituents is 1. The number of hydrogen-bond donors (Lipinski definition) is 0. The van der Waals surface area contributed by atoms with Gasteiger partial charge in [-0.25, -0.2) is 4.79 Å². The molecule has 0 bridgehead atoms. The Kier molecular flexibility index (Phi) is 3.38. The minimum absolute atomic E-state index is 0.0395. The van der Waals surface area contributed by atoms with E-state index in [9.17, 15) is 14.9 Å². The van der Waals surface area contributed by atoms with Crippen molar-refractivity contribution in [2.75, 3.05) is 0 Å². The number of para-hydroxylation sites is 2. The Hall–Kier alpha value is -3.75. The third-order valence-electron chi connectivity index (χ3n) is 3.65. The first-order valence-corrected chi connectivity index (χ1v) is 7.27. The summed E-state index contributed by atoms with van der Waals surface area (Å²) in [4.78, 5) is 26.5. The van der Waals surface area contributed by atoms with Crippen molar-refractivity contribution in [2.24, 2.45) is 0 Å². The predicted molar refractivity (Wildman–Crippen MR) is 86.0 cm³/mol. The molecule has 0 saturated heterocycles. The zero-order valence-electron chi connectivity index (χ0n) is 12.7. The Morgan fingerprint density at radius 2 is 2.00 bits per heavy atom. The maximum atomic E-state index is 12.0. The Bertz CT molecular complexity index is 1140. The highest BCUT2D eigenvalue weighted by molar-refractivity contribution is 5.72. The lowest BCUT2D eigenvalue weighted by molar-refractivity contribution is -0.384. The normalized spacial score (nSPS) is 11.0. The van der Waals surface area contributed by atoms with E-state index in [2.05, 4.69) is 10.1 Å². The summed E-state index contributed by atoms with van der Waals surface area (Å²) in [6.45, 7) is 0.0395. The summed E-state index contributed by atoms with van der Waals surface area (Å²) >= 11 is 0. The molecule has 9 nitrogen and oxygen atoms in total. The molecular formula is C16H10N4O5. The van der Waals surface area contributed by atoms with Gasteiger partial charge in [0.05, 0.1) is 10.4 Å². The van der Waals surface area contributed by atoms with Crippen molar-refractivity contribution in [3.8, 4) is 11.4 Å². The van der Waals surface area contributed by atoms with Crippen LogP contribution in [-0.2, 0) is 6.54 Å². The molecule has 0 spiro atoms. The lowest BCUT2D eigenvalue weighted by Gasteiger charge is -1.96. The van der Waals surface area contributed by atoms with E-state index in [-0.39, 0.29) is 23.9 Å². The van der Waals surface area contributed by atoms with Crippen molar-refractivity contribution in [2.45, 2.75) is 6.54 Å². The molecule has 25 heavy (non-hydrogen) atoms. The highest BCUT2D eigenvalue weighted by atomic mass is 16.6. The first kappa shape index (κ1) is 14.8. The van der Waals surface area contributed by atoms with Crippen LogP contribution in [-0.4, -0.2) is 19.6 Å². The van der Waals surface area contributed by atoms with E-state index in [0.717, 1.165) is 0 Å². The van der Waals surface area contributed by atoms with Crippen molar-refractivity contribution in [3.63, 3.8) is 0 Å². The summed E-state index contributed by atoms with van der Waals surface area (Å²) in [6.07, 6.45) is 0. The molecule has 124 valence electrons. The fourth-order valence-electron chi connectivity index (χ4n) is 2.49. The summed E-state index contributed by atoms with van der Waals surface area (Å²) in [5.41, 5.74) is 1.46. The molecule has 2 heterocycles. The Balaban J connectivity index is 1.68. The number of rotatable bonds is 4. The fraction of sp³-hybridized carbons (Fsp3) is 0.0625. The van der Waals surface area contributed by atoms with E-state index in [1.807, 2.05) is 0 Å². The largest absolute Gasteiger partial charge is 0.420 e. The topological polar surface area (TPSA) is 117 Å². The van der Waals surface area contributed by atoms with Crippen molar-refractivity contribution in [3.05, 3.63) is 75.1 Å². The van der Waals surface area contributed by atoms with Crippen LogP contribution in [0, 0.1) is 10.1 Å². The van der Waals surface area contributed by atoms with Crippen LogP contribution in [0.2, 0.25) is 0 Å². The molecule has 2 aromatic carbocycles. The van der Waals surface area contributed by atoms with Gasteiger partial charge < -0.3 is 8.94 Å². The first-order valence-electron chi connectivity index (χ1n) is 7.27. The minimum Gasteiger partial charge on any atom is -0.408 e. The van der Waals surface area contributed by atoms with Crippen LogP contribution in [0.5, 0.6) is 0 Å². The second-order valence-electron chi connectivity index (χ2n) is 5.24. The van der Waals surface area contributed by atoms with Gasteiger partial charge in [0.25, 0.3) is 5.69 Å². The Labute approximate surface area is 139 Å². The zero-order chi connectivity index (χ0) is 17.4. The van der Waals surface area contributed by atoms with Crippen molar-refractivity contribution in [1.82, 2.24) is 14.7 Å². The summed E-state index contributed by atoms with van der Waals surface area (Å²) in [7, 11) is 0. The number of fused-ring (bicyclic) bond motifs is 1. The summed E-state index contributed by atoms with van der Waals surface area (Å²) in [5.74, 6) is -0.133. The highest BCUT2D eigenvalue weighted by Crippen LogP contribution is 2.22. The van der Waals surface area contributed by atoms with Gasteiger partial charge >= 0.3 is 5.76 Å². The Morgan fingerprint density at radius 3 is 2.84 bits per heavy atom. The summed E-state index contributed by atoms with van der Waals surface area (Å²) in [5, 5.41) is 14.7. The van der Waals surface area contributed by atoms with Crippen molar-refractivity contribution in [1.29, 1.82) is 0 Å². The molecule has 0 fully saturated rings. The second kappa shape index (κ2) is 5.71. The van der Waals surface area contributed by atoms with Crippen LogP contribution in [0.1, 0.15) is 5.89 Å². The molecule has 2 aromatic heterocycles. The average molecular weight is 338 g/mol. The predicted octanol–water partition coefficient (Wildman–Crippen LogP) is 2.60. The van der Waals surface area contributed by atoms with Gasteiger partial charge in [0, 0.05) is 17.7 Å². The number of hydrogen-bond acceptors (Lipinski definition) is 7.